The SMILES string of the molecule is COc1ccc(CN(C(=O)CN(C)S(C)(=O)=O)[C@@H](Cc2ccccc2)C(=O)NCc2ccc3c(c2)OCO3)cc1. The van der Waals surface area contributed by atoms with E-state index in [1.165, 1.54) is 11.9 Å². The molecule has 1 heterocycles. The molecule has 2 amide bonds. The first-order chi connectivity index (χ1) is 19.1. The molecule has 0 aromatic heterocycles. The van der Waals surface area contributed by atoms with E-state index in [-0.39, 0.29) is 32.2 Å². The maximum absolute atomic E-state index is 13.8. The van der Waals surface area contributed by atoms with Gasteiger partial charge in [0.1, 0.15) is 11.8 Å². The molecule has 3 aromatic carbocycles. The average molecular weight is 568 g/mol. The largest absolute Gasteiger partial charge is 0.497 e. The number of methoxy groups -OCH3 is 1. The lowest BCUT2D eigenvalue weighted by Crippen LogP contribution is -2.52. The molecule has 40 heavy (non-hydrogen) atoms. The Labute approximate surface area is 234 Å². The van der Waals surface area contributed by atoms with Crippen molar-refractivity contribution in [2.24, 2.45) is 0 Å². The minimum atomic E-state index is -3.62. The first-order valence-corrected chi connectivity index (χ1v) is 14.5. The van der Waals surface area contributed by atoms with Gasteiger partial charge in [-0.1, -0.05) is 48.5 Å². The minimum absolute atomic E-state index is 0.0926. The number of sulfonamides is 1. The summed E-state index contributed by atoms with van der Waals surface area (Å²) < 4.78 is 41.2. The molecule has 10 nitrogen and oxygen atoms in total. The zero-order valence-corrected chi connectivity index (χ0v) is 23.5. The number of rotatable bonds is 12. The topological polar surface area (TPSA) is 114 Å². The van der Waals surface area contributed by atoms with Crippen LogP contribution in [0.2, 0.25) is 0 Å². The molecule has 0 bridgehead atoms. The number of ether oxygens (including phenoxy) is 3. The van der Waals surface area contributed by atoms with Crippen LogP contribution in [0.4, 0.5) is 0 Å². The third-order valence-corrected chi connectivity index (χ3v) is 7.87. The Bertz CT molecular complexity index is 1430. The van der Waals surface area contributed by atoms with Crippen molar-refractivity contribution in [1.29, 1.82) is 0 Å². The number of likely N-dealkylation sites (N-methyl/N-ethyl adjacent to an activating group) is 1. The maximum atomic E-state index is 13.8. The van der Waals surface area contributed by atoms with E-state index in [0.29, 0.717) is 17.2 Å². The fourth-order valence-electron chi connectivity index (χ4n) is 4.24. The molecule has 1 aliphatic rings. The fourth-order valence-corrected chi connectivity index (χ4v) is 4.58. The molecule has 3 aromatic rings. The Morgan fingerprint density at radius 1 is 0.950 bits per heavy atom. The Morgan fingerprint density at radius 2 is 1.62 bits per heavy atom. The van der Waals surface area contributed by atoms with Gasteiger partial charge >= 0.3 is 0 Å². The second kappa shape index (κ2) is 12.8. The van der Waals surface area contributed by atoms with Crippen molar-refractivity contribution in [2.45, 2.75) is 25.6 Å². The lowest BCUT2D eigenvalue weighted by atomic mass is 10.0. The van der Waals surface area contributed by atoms with Crippen LogP contribution in [0.25, 0.3) is 0 Å². The van der Waals surface area contributed by atoms with Crippen molar-refractivity contribution in [3.63, 3.8) is 0 Å². The Hall–Kier alpha value is -4.09. The molecule has 1 atom stereocenters. The minimum Gasteiger partial charge on any atom is -0.497 e. The summed E-state index contributed by atoms with van der Waals surface area (Å²) in [6.07, 6.45) is 1.27. The van der Waals surface area contributed by atoms with E-state index in [1.54, 1.807) is 31.4 Å². The Morgan fingerprint density at radius 3 is 2.30 bits per heavy atom. The summed E-state index contributed by atoms with van der Waals surface area (Å²) in [5.41, 5.74) is 2.42. The van der Waals surface area contributed by atoms with E-state index >= 15 is 0 Å². The van der Waals surface area contributed by atoms with Crippen molar-refractivity contribution in [3.8, 4) is 17.2 Å². The molecule has 1 N–H and O–H groups in total. The lowest BCUT2D eigenvalue weighted by Gasteiger charge is -2.32. The van der Waals surface area contributed by atoms with E-state index in [2.05, 4.69) is 5.32 Å². The van der Waals surface area contributed by atoms with Crippen LogP contribution in [-0.2, 0) is 39.1 Å². The second-order valence-electron chi connectivity index (χ2n) is 9.50. The number of nitrogens with one attached hydrogen (secondary N) is 1. The highest BCUT2D eigenvalue weighted by molar-refractivity contribution is 7.88. The van der Waals surface area contributed by atoms with Gasteiger partial charge in [0.15, 0.2) is 11.5 Å². The smallest absolute Gasteiger partial charge is 0.243 e. The first-order valence-electron chi connectivity index (χ1n) is 12.7. The number of hydrogen-bond donors (Lipinski definition) is 1. The predicted octanol–water partition coefficient (Wildman–Crippen LogP) is 2.57. The monoisotopic (exact) mass is 567 g/mol. The van der Waals surface area contributed by atoms with Crippen molar-refractivity contribution < 1.29 is 32.2 Å². The molecule has 11 heteroatoms. The molecule has 212 valence electrons. The van der Waals surface area contributed by atoms with Crippen LogP contribution in [0.5, 0.6) is 17.2 Å². The Balaban J connectivity index is 1.63. The van der Waals surface area contributed by atoms with Crippen LogP contribution in [0.3, 0.4) is 0 Å². The molecule has 0 radical (unpaired) electrons. The van der Waals surface area contributed by atoms with Crippen LogP contribution in [0.15, 0.2) is 72.8 Å². The summed E-state index contributed by atoms with van der Waals surface area (Å²) in [5.74, 6) is 1.03. The van der Waals surface area contributed by atoms with Crippen LogP contribution in [0, 0.1) is 0 Å². The summed E-state index contributed by atoms with van der Waals surface area (Å²) in [6, 6.07) is 21.0. The standard InChI is InChI=1S/C29H33N3O7S/c1-31(40(3,35)36)19-28(33)32(18-22-9-12-24(37-2)13-10-22)25(15-21-7-5-4-6-8-21)29(34)30-17-23-11-14-26-27(16-23)39-20-38-26/h4-14,16,25H,15,17-20H2,1-3H3,(H,30,34)/t25-/m0/s1. The van der Waals surface area contributed by atoms with Gasteiger partial charge in [-0.25, -0.2) is 8.42 Å². The Kier molecular flexibility index (Phi) is 9.28. The van der Waals surface area contributed by atoms with E-state index in [9.17, 15) is 18.0 Å². The van der Waals surface area contributed by atoms with Gasteiger partial charge in [-0.2, -0.15) is 4.31 Å². The maximum Gasteiger partial charge on any atom is 0.243 e. The summed E-state index contributed by atoms with van der Waals surface area (Å²) in [7, 11) is -0.723. The van der Waals surface area contributed by atoms with Gasteiger partial charge in [-0.15, -0.1) is 0 Å². The molecular formula is C29H33N3O7S. The van der Waals surface area contributed by atoms with Gasteiger partial charge in [0, 0.05) is 26.6 Å². The molecule has 1 aliphatic heterocycles. The number of fused-ring (bicyclic) bond motifs is 1. The average Bonchev–Trinajstić information content (AvgIpc) is 3.42. The van der Waals surface area contributed by atoms with Gasteiger partial charge < -0.3 is 24.4 Å². The van der Waals surface area contributed by atoms with Gasteiger partial charge in [0.05, 0.1) is 19.9 Å². The number of amides is 2. The molecule has 0 unspecified atom stereocenters. The number of carbonyl (C=O) groups excluding carboxylic acids is 2. The van der Waals surface area contributed by atoms with E-state index in [4.69, 9.17) is 14.2 Å². The zero-order chi connectivity index (χ0) is 28.7. The van der Waals surface area contributed by atoms with Gasteiger partial charge in [-0.3, -0.25) is 9.59 Å². The highest BCUT2D eigenvalue weighted by atomic mass is 32.2. The quantitative estimate of drug-likeness (QED) is 0.358. The molecule has 4 rings (SSSR count). The predicted molar refractivity (Wildman–Crippen MR) is 149 cm³/mol. The van der Waals surface area contributed by atoms with E-state index in [1.807, 2.05) is 48.5 Å². The lowest BCUT2D eigenvalue weighted by molar-refractivity contribution is -0.141. The summed E-state index contributed by atoms with van der Waals surface area (Å²) >= 11 is 0. The fraction of sp³-hybridized carbons (Fsp3) is 0.310. The number of benzene rings is 3. The van der Waals surface area contributed by atoms with Crippen molar-refractivity contribution >= 4 is 21.8 Å². The summed E-state index contributed by atoms with van der Waals surface area (Å²) in [5, 5.41) is 2.95. The van der Waals surface area contributed by atoms with E-state index in [0.717, 1.165) is 27.3 Å². The molecule has 0 saturated carbocycles. The molecule has 0 aliphatic carbocycles. The first kappa shape index (κ1) is 28.9. The van der Waals surface area contributed by atoms with Crippen molar-refractivity contribution in [3.05, 3.63) is 89.5 Å². The van der Waals surface area contributed by atoms with Crippen molar-refractivity contribution in [2.75, 3.05) is 33.8 Å². The summed E-state index contributed by atoms with van der Waals surface area (Å²) in [4.78, 5) is 28.8. The van der Waals surface area contributed by atoms with E-state index < -0.39 is 28.5 Å². The van der Waals surface area contributed by atoms with Crippen LogP contribution >= 0.6 is 0 Å². The van der Waals surface area contributed by atoms with Crippen molar-refractivity contribution in [1.82, 2.24) is 14.5 Å². The van der Waals surface area contributed by atoms with Gasteiger partial charge in [-0.05, 0) is 41.0 Å². The normalized spacial score (nSPS) is 13.1. The van der Waals surface area contributed by atoms with Crippen LogP contribution in [0.1, 0.15) is 16.7 Å². The molecule has 0 fully saturated rings. The molecular weight excluding hydrogens is 534 g/mol. The third-order valence-electron chi connectivity index (χ3n) is 6.61. The van der Waals surface area contributed by atoms with Gasteiger partial charge in [0.25, 0.3) is 0 Å². The zero-order valence-electron chi connectivity index (χ0n) is 22.7. The molecule has 0 spiro atoms. The second-order valence-corrected chi connectivity index (χ2v) is 11.6. The highest BCUT2D eigenvalue weighted by Gasteiger charge is 2.32. The third kappa shape index (κ3) is 7.51. The van der Waals surface area contributed by atoms with Gasteiger partial charge in [0.2, 0.25) is 28.6 Å². The van der Waals surface area contributed by atoms with Crippen LogP contribution < -0.4 is 19.5 Å². The number of hydrogen-bond acceptors (Lipinski definition) is 7. The summed E-state index contributed by atoms with van der Waals surface area (Å²) in [6.45, 7) is 0.0360. The number of carbonyl (C=O) groups is 2. The van der Waals surface area contributed by atoms with Crippen LogP contribution in [-0.4, -0.2) is 69.2 Å². The number of nitrogens with zero attached hydrogens (tertiary/aromatic N) is 2. The highest BCUT2D eigenvalue weighted by Crippen LogP contribution is 2.32. The molecule has 0 saturated heterocycles.